The van der Waals surface area contributed by atoms with Gasteiger partial charge in [0.15, 0.2) is 0 Å². The molecule has 1 N–H and O–H groups in total. The SMILES string of the molecule is Fc1cc(Nc2ncc(Br)cc2Cl)ccc1Br. The lowest BCUT2D eigenvalue weighted by Crippen LogP contribution is -1.95. The number of anilines is 2. The number of halogens is 4. The van der Waals surface area contributed by atoms with Crippen LogP contribution in [0.1, 0.15) is 0 Å². The van der Waals surface area contributed by atoms with Crippen LogP contribution in [0.3, 0.4) is 0 Å². The summed E-state index contributed by atoms with van der Waals surface area (Å²) < 4.78 is 14.5. The largest absolute Gasteiger partial charge is 0.339 e. The summed E-state index contributed by atoms with van der Waals surface area (Å²) in [5.41, 5.74) is 0.586. The molecule has 1 aromatic carbocycles. The summed E-state index contributed by atoms with van der Waals surface area (Å²) in [6.45, 7) is 0. The molecule has 88 valence electrons. The van der Waals surface area contributed by atoms with Crippen molar-refractivity contribution in [2.75, 3.05) is 5.32 Å². The van der Waals surface area contributed by atoms with Crippen LogP contribution < -0.4 is 5.32 Å². The summed E-state index contributed by atoms with van der Waals surface area (Å²) in [6, 6.07) is 6.42. The van der Waals surface area contributed by atoms with Crippen molar-refractivity contribution in [1.29, 1.82) is 0 Å². The Hall–Kier alpha value is -0.650. The number of hydrogen-bond donors (Lipinski definition) is 1. The van der Waals surface area contributed by atoms with E-state index in [-0.39, 0.29) is 5.82 Å². The molecule has 0 radical (unpaired) electrons. The maximum absolute atomic E-state index is 13.3. The molecule has 0 saturated carbocycles. The molecule has 0 aliphatic carbocycles. The zero-order valence-electron chi connectivity index (χ0n) is 8.35. The van der Waals surface area contributed by atoms with Gasteiger partial charge in [-0.15, -0.1) is 0 Å². The molecule has 1 aromatic heterocycles. The van der Waals surface area contributed by atoms with Crippen molar-refractivity contribution in [3.8, 4) is 0 Å². The first-order valence-electron chi connectivity index (χ1n) is 4.59. The molecule has 6 heteroatoms. The molecule has 2 nitrogen and oxygen atoms in total. The van der Waals surface area contributed by atoms with Crippen LogP contribution in [0.4, 0.5) is 15.9 Å². The first-order valence-corrected chi connectivity index (χ1v) is 6.56. The predicted octanol–water partition coefficient (Wildman–Crippen LogP) is 5.14. The van der Waals surface area contributed by atoms with Gasteiger partial charge >= 0.3 is 0 Å². The fraction of sp³-hybridized carbons (Fsp3) is 0. The molecule has 0 aliphatic heterocycles. The summed E-state index contributed by atoms with van der Waals surface area (Å²) in [7, 11) is 0. The lowest BCUT2D eigenvalue weighted by atomic mass is 10.3. The van der Waals surface area contributed by atoms with Gasteiger partial charge in [-0.25, -0.2) is 9.37 Å². The lowest BCUT2D eigenvalue weighted by Gasteiger charge is -2.08. The van der Waals surface area contributed by atoms with E-state index in [0.29, 0.717) is 21.0 Å². The average molecular weight is 380 g/mol. The molecule has 0 fully saturated rings. The smallest absolute Gasteiger partial charge is 0.149 e. The molecule has 17 heavy (non-hydrogen) atoms. The van der Waals surface area contributed by atoms with Gasteiger partial charge in [0.1, 0.15) is 11.6 Å². The van der Waals surface area contributed by atoms with Crippen molar-refractivity contribution in [3.05, 3.63) is 50.2 Å². The Morgan fingerprint density at radius 3 is 2.65 bits per heavy atom. The van der Waals surface area contributed by atoms with Crippen LogP contribution in [0.15, 0.2) is 39.4 Å². The minimum absolute atomic E-state index is 0.344. The van der Waals surface area contributed by atoms with Gasteiger partial charge in [-0.3, -0.25) is 0 Å². The molecule has 2 aromatic rings. The van der Waals surface area contributed by atoms with Crippen molar-refractivity contribution in [2.45, 2.75) is 0 Å². The van der Waals surface area contributed by atoms with Gasteiger partial charge in [0.05, 0.1) is 9.50 Å². The van der Waals surface area contributed by atoms with E-state index in [4.69, 9.17) is 11.6 Å². The van der Waals surface area contributed by atoms with Crippen molar-refractivity contribution in [3.63, 3.8) is 0 Å². The Balaban J connectivity index is 2.28. The van der Waals surface area contributed by atoms with E-state index in [1.54, 1.807) is 24.4 Å². The maximum Gasteiger partial charge on any atom is 0.149 e. The molecule has 0 atom stereocenters. The van der Waals surface area contributed by atoms with E-state index >= 15 is 0 Å². The average Bonchev–Trinajstić information content (AvgIpc) is 2.27. The van der Waals surface area contributed by atoms with Crippen molar-refractivity contribution in [1.82, 2.24) is 4.98 Å². The van der Waals surface area contributed by atoms with Gasteiger partial charge in [0, 0.05) is 16.4 Å². The standard InChI is InChI=1S/C11H6Br2ClFN2/c12-6-3-9(14)11(16-5-6)17-7-1-2-8(13)10(15)4-7/h1-5H,(H,16,17). The van der Waals surface area contributed by atoms with E-state index < -0.39 is 0 Å². The van der Waals surface area contributed by atoms with Crippen LogP contribution in [0.5, 0.6) is 0 Å². The van der Waals surface area contributed by atoms with Gasteiger partial charge in [-0.1, -0.05) is 11.6 Å². The number of aromatic nitrogens is 1. The molecule has 0 amide bonds. The lowest BCUT2D eigenvalue weighted by molar-refractivity contribution is 0.622. The Morgan fingerprint density at radius 2 is 2.00 bits per heavy atom. The highest BCUT2D eigenvalue weighted by atomic mass is 79.9. The van der Waals surface area contributed by atoms with Crippen LogP contribution in [-0.2, 0) is 0 Å². The number of rotatable bonds is 2. The monoisotopic (exact) mass is 378 g/mol. The van der Waals surface area contributed by atoms with Crippen LogP contribution in [-0.4, -0.2) is 4.98 Å². The van der Waals surface area contributed by atoms with Crippen molar-refractivity contribution < 1.29 is 4.39 Å². The van der Waals surface area contributed by atoms with Crippen LogP contribution in [0.2, 0.25) is 5.02 Å². The molecule has 0 bridgehead atoms. The molecule has 0 aliphatic rings. The molecule has 0 unspecified atom stereocenters. The van der Waals surface area contributed by atoms with Gasteiger partial charge in [0.2, 0.25) is 0 Å². The fourth-order valence-electron chi connectivity index (χ4n) is 1.22. The molecule has 0 spiro atoms. The van der Waals surface area contributed by atoms with E-state index in [0.717, 1.165) is 4.47 Å². The molecular weight excluding hydrogens is 374 g/mol. The fourth-order valence-corrected chi connectivity index (χ4v) is 2.14. The van der Waals surface area contributed by atoms with Crippen LogP contribution in [0.25, 0.3) is 0 Å². The maximum atomic E-state index is 13.3. The van der Waals surface area contributed by atoms with E-state index in [1.807, 2.05) is 0 Å². The summed E-state index contributed by atoms with van der Waals surface area (Å²) >= 11 is 12.3. The summed E-state index contributed by atoms with van der Waals surface area (Å²) in [4.78, 5) is 4.10. The Kier molecular flexibility index (Phi) is 4.01. The topological polar surface area (TPSA) is 24.9 Å². The summed E-state index contributed by atoms with van der Waals surface area (Å²) in [5.74, 6) is 0.139. The number of pyridine rings is 1. The molecule has 2 rings (SSSR count). The Bertz CT molecular complexity index is 563. The molecular formula is C11H6Br2ClFN2. The van der Waals surface area contributed by atoms with Crippen molar-refractivity contribution in [2.24, 2.45) is 0 Å². The first kappa shape index (κ1) is 12.8. The van der Waals surface area contributed by atoms with E-state index in [1.165, 1.54) is 6.07 Å². The number of nitrogens with zero attached hydrogens (tertiary/aromatic N) is 1. The van der Waals surface area contributed by atoms with Gasteiger partial charge in [-0.2, -0.15) is 0 Å². The van der Waals surface area contributed by atoms with Gasteiger partial charge in [-0.05, 0) is 56.1 Å². The zero-order chi connectivity index (χ0) is 12.4. The minimum Gasteiger partial charge on any atom is -0.339 e. The number of hydrogen-bond acceptors (Lipinski definition) is 2. The highest BCUT2D eigenvalue weighted by Crippen LogP contribution is 2.27. The Labute approximate surface area is 119 Å². The predicted molar refractivity (Wildman–Crippen MR) is 74.3 cm³/mol. The minimum atomic E-state index is -0.344. The second-order valence-electron chi connectivity index (χ2n) is 3.24. The Morgan fingerprint density at radius 1 is 1.24 bits per heavy atom. The highest BCUT2D eigenvalue weighted by Gasteiger charge is 2.05. The number of nitrogens with one attached hydrogen (secondary N) is 1. The molecule has 1 heterocycles. The van der Waals surface area contributed by atoms with E-state index in [9.17, 15) is 4.39 Å². The van der Waals surface area contributed by atoms with E-state index in [2.05, 4.69) is 42.2 Å². The quantitative estimate of drug-likeness (QED) is 0.780. The summed E-state index contributed by atoms with van der Waals surface area (Å²) in [5, 5.41) is 3.40. The summed E-state index contributed by atoms with van der Waals surface area (Å²) in [6.07, 6.45) is 1.61. The second kappa shape index (κ2) is 5.33. The van der Waals surface area contributed by atoms with Crippen molar-refractivity contribution >= 4 is 55.0 Å². The van der Waals surface area contributed by atoms with Crippen LogP contribution in [0, 0.1) is 5.82 Å². The highest BCUT2D eigenvalue weighted by molar-refractivity contribution is 9.10. The molecule has 0 saturated heterocycles. The third-order valence-corrected chi connectivity index (χ3v) is 3.36. The van der Waals surface area contributed by atoms with Gasteiger partial charge in [0.25, 0.3) is 0 Å². The third kappa shape index (κ3) is 3.18. The van der Waals surface area contributed by atoms with Gasteiger partial charge < -0.3 is 5.32 Å². The first-order chi connectivity index (χ1) is 8.06. The third-order valence-electron chi connectivity index (χ3n) is 1.99. The second-order valence-corrected chi connectivity index (χ2v) is 5.42. The zero-order valence-corrected chi connectivity index (χ0v) is 12.3. The van der Waals surface area contributed by atoms with Crippen LogP contribution >= 0.6 is 43.5 Å². The number of benzene rings is 1. The normalized spacial score (nSPS) is 10.4.